The average molecular weight is 402 g/mol. The number of anilines is 1. The number of aromatic nitrogens is 5. The molecule has 4 rings (SSSR count). The number of hydrogen-bond donors (Lipinski definition) is 2. The minimum atomic E-state index is -0.413. The van der Waals surface area contributed by atoms with Crippen LogP contribution in [0.15, 0.2) is 48.5 Å². The van der Waals surface area contributed by atoms with Gasteiger partial charge < -0.3 is 15.5 Å². The Labute approximate surface area is 190 Å². The standard InChI is InChI=1S/C19H18N6O3.Na.H/c1-3-28-17-14-11-13(27-2)9-10-15(14)25(12-7-5-4-6-8-12)16(17)18(26)20-19-21-23-24-22-19;;/h4-11H,3H2,1-2H3,(H2,20,21,22,23,24,26);;/q;+1;-1. The number of para-hydroxylation sites is 1. The fourth-order valence-electron chi connectivity index (χ4n) is 3.08. The summed E-state index contributed by atoms with van der Waals surface area (Å²) < 4.78 is 13.1. The number of nitrogens with zero attached hydrogens (tertiary/aromatic N) is 4. The number of fused-ring (bicyclic) bond motifs is 1. The molecule has 2 aromatic heterocycles. The molecule has 0 atom stereocenters. The third-order valence-corrected chi connectivity index (χ3v) is 4.22. The summed E-state index contributed by atoms with van der Waals surface area (Å²) in [5, 5.41) is 16.8. The summed E-state index contributed by atoms with van der Waals surface area (Å²) in [6.07, 6.45) is 0. The van der Waals surface area contributed by atoms with Gasteiger partial charge in [-0.3, -0.25) is 10.1 Å². The number of carbonyl (C=O) groups excluding carboxylic acids is 1. The Morgan fingerprint density at radius 3 is 2.69 bits per heavy atom. The first-order valence-corrected chi connectivity index (χ1v) is 8.68. The SMILES string of the molecule is CCOc1c(C(=O)Nc2nn[nH]n2)n(-c2ccccc2)c2ccc(OC)cc12.[H-].[Na+]. The summed E-state index contributed by atoms with van der Waals surface area (Å²) in [6.45, 7) is 2.26. The number of aromatic amines is 1. The Hall–Kier alpha value is -2.88. The van der Waals surface area contributed by atoms with Gasteiger partial charge in [-0.15, -0.1) is 5.10 Å². The van der Waals surface area contributed by atoms with Crippen LogP contribution in [0.25, 0.3) is 16.6 Å². The molecule has 0 radical (unpaired) electrons. The van der Waals surface area contributed by atoms with Gasteiger partial charge in [0.25, 0.3) is 11.9 Å². The van der Waals surface area contributed by atoms with Gasteiger partial charge in [0.1, 0.15) is 5.75 Å². The van der Waals surface area contributed by atoms with Crippen molar-refractivity contribution in [2.75, 3.05) is 19.0 Å². The molecule has 2 aromatic carbocycles. The molecular formula is C19H19N6NaO3. The van der Waals surface area contributed by atoms with Crippen molar-refractivity contribution in [3.8, 4) is 17.2 Å². The fourth-order valence-corrected chi connectivity index (χ4v) is 3.08. The Morgan fingerprint density at radius 1 is 1.24 bits per heavy atom. The second-order valence-electron chi connectivity index (χ2n) is 5.85. The van der Waals surface area contributed by atoms with Gasteiger partial charge in [-0.2, -0.15) is 5.21 Å². The molecule has 0 fully saturated rings. The second kappa shape index (κ2) is 9.08. The predicted octanol–water partition coefficient (Wildman–Crippen LogP) is -0.0803. The molecule has 9 nitrogen and oxygen atoms in total. The van der Waals surface area contributed by atoms with Crippen LogP contribution < -0.4 is 44.3 Å². The number of ether oxygens (including phenoxy) is 2. The molecule has 0 spiro atoms. The molecule has 144 valence electrons. The van der Waals surface area contributed by atoms with Gasteiger partial charge in [0.15, 0.2) is 11.4 Å². The Morgan fingerprint density at radius 2 is 2.03 bits per heavy atom. The number of amides is 1. The van der Waals surface area contributed by atoms with E-state index in [2.05, 4.69) is 25.9 Å². The summed E-state index contributed by atoms with van der Waals surface area (Å²) in [7, 11) is 1.60. The maximum absolute atomic E-state index is 13.2. The number of hydrogen-bond acceptors (Lipinski definition) is 6. The predicted molar refractivity (Wildman–Crippen MR) is 104 cm³/mol. The smallest absolute Gasteiger partial charge is 1.00 e. The molecule has 0 aliphatic carbocycles. The second-order valence-corrected chi connectivity index (χ2v) is 5.85. The molecule has 29 heavy (non-hydrogen) atoms. The zero-order chi connectivity index (χ0) is 19.5. The van der Waals surface area contributed by atoms with Crippen LogP contribution in [0.5, 0.6) is 11.5 Å². The van der Waals surface area contributed by atoms with Crippen molar-refractivity contribution in [3.05, 3.63) is 54.2 Å². The number of methoxy groups -OCH3 is 1. The third kappa shape index (κ3) is 3.98. The van der Waals surface area contributed by atoms with Crippen molar-refractivity contribution < 1.29 is 45.3 Å². The molecule has 0 aliphatic rings. The molecule has 2 N–H and O–H groups in total. The van der Waals surface area contributed by atoms with Crippen LogP contribution in [-0.2, 0) is 0 Å². The molecular weight excluding hydrogens is 383 g/mol. The minimum absolute atomic E-state index is 0. The maximum Gasteiger partial charge on any atom is 1.00 e. The Bertz CT molecular complexity index is 1120. The summed E-state index contributed by atoms with van der Waals surface area (Å²) in [5.41, 5.74) is 1.97. The minimum Gasteiger partial charge on any atom is -1.00 e. The summed E-state index contributed by atoms with van der Waals surface area (Å²) in [6, 6.07) is 15.2. The van der Waals surface area contributed by atoms with E-state index in [0.29, 0.717) is 23.8 Å². The molecule has 10 heteroatoms. The molecule has 0 bridgehead atoms. The Balaban J connectivity index is 0.00000160. The van der Waals surface area contributed by atoms with E-state index >= 15 is 0 Å². The zero-order valence-corrected chi connectivity index (χ0v) is 18.3. The van der Waals surface area contributed by atoms with E-state index in [4.69, 9.17) is 9.47 Å². The van der Waals surface area contributed by atoms with Crippen LogP contribution in [-0.4, -0.2) is 44.8 Å². The van der Waals surface area contributed by atoms with E-state index in [0.717, 1.165) is 16.6 Å². The van der Waals surface area contributed by atoms with E-state index in [9.17, 15) is 4.79 Å². The fraction of sp³-hybridized carbons (Fsp3) is 0.158. The van der Waals surface area contributed by atoms with Gasteiger partial charge in [0, 0.05) is 11.1 Å². The number of nitrogens with one attached hydrogen (secondary N) is 2. The zero-order valence-electron chi connectivity index (χ0n) is 17.3. The number of rotatable bonds is 6. The van der Waals surface area contributed by atoms with Gasteiger partial charge >= 0.3 is 29.6 Å². The van der Waals surface area contributed by atoms with Crippen LogP contribution in [0.1, 0.15) is 18.8 Å². The van der Waals surface area contributed by atoms with Crippen molar-refractivity contribution in [1.29, 1.82) is 0 Å². The van der Waals surface area contributed by atoms with Crippen LogP contribution in [0.3, 0.4) is 0 Å². The number of benzene rings is 2. The first-order valence-electron chi connectivity index (χ1n) is 8.68. The quantitative estimate of drug-likeness (QED) is 0.437. The van der Waals surface area contributed by atoms with Crippen LogP contribution in [0, 0.1) is 0 Å². The van der Waals surface area contributed by atoms with E-state index in [1.807, 2.05) is 60.0 Å². The van der Waals surface area contributed by atoms with Gasteiger partial charge in [-0.1, -0.05) is 23.3 Å². The third-order valence-electron chi connectivity index (χ3n) is 4.22. The largest absolute Gasteiger partial charge is 1.00 e. The van der Waals surface area contributed by atoms with Crippen LogP contribution >= 0.6 is 0 Å². The molecule has 4 aromatic rings. The van der Waals surface area contributed by atoms with E-state index in [1.165, 1.54) is 0 Å². The average Bonchev–Trinajstić information content (AvgIpc) is 3.34. The van der Waals surface area contributed by atoms with Gasteiger partial charge in [0.2, 0.25) is 0 Å². The first-order chi connectivity index (χ1) is 13.7. The van der Waals surface area contributed by atoms with Gasteiger partial charge in [-0.05, 0) is 42.5 Å². The monoisotopic (exact) mass is 402 g/mol. The molecule has 2 heterocycles. The number of H-pyrrole nitrogens is 1. The van der Waals surface area contributed by atoms with Crippen molar-refractivity contribution in [1.82, 2.24) is 25.2 Å². The normalized spacial score (nSPS) is 10.4. The first kappa shape index (κ1) is 20.8. The van der Waals surface area contributed by atoms with Crippen LogP contribution in [0.4, 0.5) is 5.95 Å². The van der Waals surface area contributed by atoms with E-state index < -0.39 is 5.91 Å². The van der Waals surface area contributed by atoms with Crippen molar-refractivity contribution in [2.45, 2.75) is 6.92 Å². The molecule has 0 unspecified atom stereocenters. The molecule has 0 saturated heterocycles. The topological polar surface area (TPSA) is 107 Å². The number of tetrazole rings is 1. The summed E-state index contributed by atoms with van der Waals surface area (Å²) >= 11 is 0. The van der Waals surface area contributed by atoms with E-state index in [-0.39, 0.29) is 36.9 Å². The Kier molecular flexibility index (Phi) is 6.53. The van der Waals surface area contributed by atoms with Crippen molar-refractivity contribution in [2.24, 2.45) is 0 Å². The van der Waals surface area contributed by atoms with E-state index in [1.54, 1.807) is 7.11 Å². The summed E-state index contributed by atoms with van der Waals surface area (Å²) in [4.78, 5) is 13.2. The van der Waals surface area contributed by atoms with Crippen molar-refractivity contribution >= 4 is 22.8 Å². The van der Waals surface area contributed by atoms with Gasteiger partial charge in [-0.25, -0.2) is 0 Å². The van der Waals surface area contributed by atoms with Crippen molar-refractivity contribution in [3.63, 3.8) is 0 Å². The number of carbonyl (C=O) groups is 1. The maximum atomic E-state index is 13.2. The molecule has 1 amide bonds. The molecule has 0 aliphatic heterocycles. The van der Waals surface area contributed by atoms with Crippen LogP contribution in [0.2, 0.25) is 0 Å². The molecule has 0 saturated carbocycles. The summed E-state index contributed by atoms with van der Waals surface area (Å²) in [5.74, 6) is 0.795. The van der Waals surface area contributed by atoms with Gasteiger partial charge in [0.05, 0.1) is 19.2 Å².